The van der Waals surface area contributed by atoms with Crippen LogP contribution in [0, 0.1) is 11.3 Å². The zero-order valence-electron chi connectivity index (χ0n) is 23.6. The molecule has 7 heteroatoms. The molecule has 1 aliphatic heterocycles. The lowest BCUT2D eigenvalue weighted by Crippen LogP contribution is -2.48. The molecule has 2 N–H and O–H groups in total. The van der Waals surface area contributed by atoms with Gasteiger partial charge in [-0.1, -0.05) is 32.9 Å². The highest BCUT2D eigenvalue weighted by atomic mass is 16.5. The first kappa shape index (κ1) is 27.3. The van der Waals surface area contributed by atoms with E-state index >= 15 is 0 Å². The molecule has 2 amide bonds. The first-order valence-corrected chi connectivity index (χ1v) is 14.3. The molecule has 7 nitrogen and oxygen atoms in total. The summed E-state index contributed by atoms with van der Waals surface area (Å²) in [4.78, 5) is 35.3. The lowest BCUT2D eigenvalue weighted by atomic mass is 9.69. The predicted molar refractivity (Wildman–Crippen MR) is 153 cm³/mol. The number of phenolic OH excluding ortho intramolecular Hbond substituents is 1. The summed E-state index contributed by atoms with van der Waals surface area (Å²) in [6.07, 6.45) is 3.11. The van der Waals surface area contributed by atoms with Gasteiger partial charge in [0.15, 0.2) is 0 Å². The summed E-state index contributed by atoms with van der Waals surface area (Å²) in [5.41, 5.74) is 3.48. The lowest BCUT2D eigenvalue weighted by Gasteiger charge is -2.36. The Morgan fingerprint density at radius 3 is 2.67 bits per heavy atom. The number of fused-ring (bicyclic) bond motifs is 4. The van der Waals surface area contributed by atoms with E-state index in [0.717, 1.165) is 65.9 Å². The molecule has 1 saturated heterocycles. The highest BCUT2D eigenvalue weighted by Crippen LogP contribution is 2.51. The first-order chi connectivity index (χ1) is 18.8. The Morgan fingerprint density at radius 2 is 1.95 bits per heavy atom. The van der Waals surface area contributed by atoms with Gasteiger partial charge >= 0.3 is 0 Å². The van der Waals surface area contributed by atoms with Gasteiger partial charge in [0, 0.05) is 35.5 Å². The molecule has 1 aliphatic carbocycles. The molecule has 39 heavy (non-hydrogen) atoms. The van der Waals surface area contributed by atoms with E-state index < -0.39 is 5.41 Å². The van der Waals surface area contributed by atoms with Crippen LogP contribution >= 0.6 is 0 Å². The molecule has 3 aromatic rings. The number of likely N-dealkylation sites (tertiary alicyclic amines) is 1. The van der Waals surface area contributed by atoms with Gasteiger partial charge in [0.05, 0.1) is 12.5 Å². The fourth-order valence-electron chi connectivity index (χ4n) is 6.84. The van der Waals surface area contributed by atoms with E-state index in [1.807, 2.05) is 36.4 Å². The van der Waals surface area contributed by atoms with Crippen LogP contribution in [0.25, 0.3) is 10.9 Å². The number of benzene rings is 2. The summed E-state index contributed by atoms with van der Waals surface area (Å²) >= 11 is 0. The van der Waals surface area contributed by atoms with Gasteiger partial charge in [0.2, 0.25) is 11.8 Å². The third-order valence-corrected chi connectivity index (χ3v) is 9.22. The van der Waals surface area contributed by atoms with Gasteiger partial charge in [-0.2, -0.15) is 0 Å². The average molecular weight is 532 g/mol. The summed E-state index contributed by atoms with van der Waals surface area (Å²) < 4.78 is 5.56. The molecule has 2 aromatic carbocycles. The summed E-state index contributed by atoms with van der Waals surface area (Å²) in [6.45, 7) is 9.60. The average Bonchev–Trinajstić information content (AvgIpc) is 3.18. The number of phenols is 1. The van der Waals surface area contributed by atoms with Crippen LogP contribution in [0.1, 0.15) is 69.2 Å². The number of aromatic amines is 1. The van der Waals surface area contributed by atoms with Crippen LogP contribution in [-0.4, -0.2) is 65.0 Å². The summed E-state index contributed by atoms with van der Waals surface area (Å²) in [5.74, 6) is 0.887. The molecule has 1 aromatic heterocycles. The second-order valence-corrected chi connectivity index (χ2v) is 11.4. The number of ether oxygens (including phenoxy) is 1. The third kappa shape index (κ3) is 5.05. The second kappa shape index (κ2) is 11.0. The van der Waals surface area contributed by atoms with Gasteiger partial charge in [-0.25, -0.2) is 0 Å². The van der Waals surface area contributed by atoms with Gasteiger partial charge < -0.3 is 19.7 Å². The van der Waals surface area contributed by atoms with Crippen LogP contribution in [-0.2, 0) is 16.0 Å². The van der Waals surface area contributed by atoms with E-state index in [1.54, 1.807) is 18.1 Å². The molecule has 0 bridgehead atoms. The second-order valence-electron chi connectivity index (χ2n) is 11.4. The minimum absolute atomic E-state index is 0.0236. The van der Waals surface area contributed by atoms with E-state index in [1.165, 1.54) is 0 Å². The van der Waals surface area contributed by atoms with Crippen LogP contribution in [0.2, 0.25) is 0 Å². The van der Waals surface area contributed by atoms with Gasteiger partial charge in [0.25, 0.3) is 0 Å². The minimum atomic E-state index is -0.722. The first-order valence-electron chi connectivity index (χ1n) is 14.3. The number of methoxy groups -OCH3 is 1. The number of carbonyl (C=O) groups is 2. The number of hydrogen-bond acceptors (Lipinski definition) is 5. The largest absolute Gasteiger partial charge is 0.508 e. The number of rotatable bonds is 8. The number of imide groups is 1. The normalized spacial score (nSPS) is 23.5. The van der Waals surface area contributed by atoms with Crippen LogP contribution in [0.4, 0.5) is 0 Å². The maximum Gasteiger partial charge on any atom is 0.235 e. The quantitative estimate of drug-likeness (QED) is 0.377. The Balaban J connectivity index is 1.58. The summed E-state index contributed by atoms with van der Waals surface area (Å²) in [5, 5.41) is 11.4. The smallest absolute Gasteiger partial charge is 0.235 e. The monoisotopic (exact) mass is 531 g/mol. The number of nitrogens with one attached hydrogen (secondary N) is 1. The van der Waals surface area contributed by atoms with E-state index in [2.05, 4.69) is 30.7 Å². The number of aromatic nitrogens is 1. The predicted octanol–water partition coefficient (Wildman–Crippen LogP) is 5.46. The molecule has 0 radical (unpaired) electrons. The van der Waals surface area contributed by atoms with Gasteiger partial charge in [0.1, 0.15) is 11.5 Å². The number of aromatic hydroxyl groups is 1. The number of nitrogens with zero attached hydrogens (tertiary/aromatic N) is 2. The Bertz CT molecular complexity index is 1360. The van der Waals surface area contributed by atoms with Gasteiger partial charge in [-0.15, -0.1) is 0 Å². The van der Waals surface area contributed by atoms with Crippen molar-refractivity contribution < 1.29 is 19.4 Å². The molecule has 0 saturated carbocycles. The molecule has 5 rings (SSSR count). The van der Waals surface area contributed by atoms with Crippen LogP contribution < -0.4 is 4.74 Å². The zero-order chi connectivity index (χ0) is 27.7. The van der Waals surface area contributed by atoms with Crippen molar-refractivity contribution in [3.8, 4) is 11.5 Å². The molecule has 1 fully saturated rings. The lowest BCUT2D eigenvalue weighted by molar-refractivity contribution is -0.151. The number of carbonyl (C=O) groups excluding carboxylic acids is 2. The Labute approximate surface area is 231 Å². The van der Waals surface area contributed by atoms with Crippen LogP contribution in [0.3, 0.4) is 0 Å². The van der Waals surface area contributed by atoms with Gasteiger partial charge in [-0.05, 0) is 92.7 Å². The summed E-state index contributed by atoms with van der Waals surface area (Å²) in [6, 6.07) is 13.4. The van der Waals surface area contributed by atoms with Crippen molar-refractivity contribution in [2.24, 2.45) is 11.3 Å². The third-order valence-electron chi connectivity index (χ3n) is 9.22. The molecule has 3 atom stereocenters. The summed E-state index contributed by atoms with van der Waals surface area (Å²) in [7, 11) is 1.66. The van der Waals surface area contributed by atoms with Crippen molar-refractivity contribution in [1.82, 2.24) is 14.8 Å². The van der Waals surface area contributed by atoms with Crippen molar-refractivity contribution in [2.75, 3.05) is 33.3 Å². The standard InChI is InChI=1S/C32H41N3O4/c1-5-34(6-2)15-8-16-35-29(37)14-11-22-18-25(21-9-7-10-23(36)17-21)30-27(20-32(22,3)31(35)38)26-19-24(39-4)12-13-28(26)33-30/h7,9-10,12-13,17,19,22,25,33,36H,5-6,8,11,14-16,18,20H2,1-4H3/t22?,25-,32-/m1/s1. The van der Waals surface area contributed by atoms with Crippen molar-refractivity contribution >= 4 is 22.7 Å². The Hall–Kier alpha value is -3.32. The van der Waals surface area contributed by atoms with E-state index in [-0.39, 0.29) is 29.4 Å². The maximum atomic E-state index is 14.4. The molecule has 0 spiro atoms. The molecule has 2 aliphatic rings. The van der Waals surface area contributed by atoms with Crippen molar-refractivity contribution in [3.63, 3.8) is 0 Å². The van der Waals surface area contributed by atoms with Gasteiger partial charge in [-0.3, -0.25) is 14.5 Å². The molecule has 1 unspecified atom stereocenters. The van der Waals surface area contributed by atoms with E-state index in [4.69, 9.17) is 4.74 Å². The number of hydrogen-bond donors (Lipinski definition) is 2. The van der Waals surface area contributed by atoms with Crippen molar-refractivity contribution in [1.29, 1.82) is 0 Å². The fourth-order valence-corrected chi connectivity index (χ4v) is 6.84. The van der Waals surface area contributed by atoms with Crippen molar-refractivity contribution in [2.45, 2.75) is 58.8 Å². The Kier molecular flexibility index (Phi) is 7.72. The van der Waals surface area contributed by atoms with Crippen LogP contribution in [0.5, 0.6) is 11.5 Å². The fraction of sp³-hybridized carbons (Fsp3) is 0.500. The van der Waals surface area contributed by atoms with Crippen molar-refractivity contribution in [3.05, 3.63) is 59.3 Å². The van der Waals surface area contributed by atoms with E-state index in [0.29, 0.717) is 25.8 Å². The zero-order valence-corrected chi connectivity index (χ0v) is 23.6. The topological polar surface area (TPSA) is 85.9 Å². The molecule has 2 heterocycles. The maximum absolute atomic E-state index is 14.4. The molecular formula is C32H41N3O4. The molecular weight excluding hydrogens is 490 g/mol. The Morgan fingerprint density at radius 1 is 1.15 bits per heavy atom. The SMILES string of the molecule is CCN(CC)CCCN1C(=O)CCC2C[C@H](c3cccc(O)c3)c3[nH]c4ccc(OC)cc4c3C[C@@]2(C)C1=O. The number of amides is 2. The van der Waals surface area contributed by atoms with E-state index in [9.17, 15) is 14.7 Å². The number of H-pyrrole nitrogens is 1. The highest BCUT2D eigenvalue weighted by Gasteiger charge is 2.50. The molecule has 208 valence electrons. The minimum Gasteiger partial charge on any atom is -0.508 e. The highest BCUT2D eigenvalue weighted by molar-refractivity contribution is 6.00. The van der Waals surface area contributed by atoms with Crippen LogP contribution in [0.15, 0.2) is 42.5 Å².